The van der Waals surface area contributed by atoms with Crippen molar-refractivity contribution in [2.24, 2.45) is 5.92 Å². The Bertz CT molecular complexity index is 540. The number of carbonyl (C=O) groups is 2. The minimum Gasteiger partial charge on any atom is -0.477 e. The number of nitrogens with zero attached hydrogens (tertiary/aromatic N) is 1. The van der Waals surface area contributed by atoms with E-state index in [1.807, 2.05) is 4.90 Å². The molecular formula is C16H24N2O3. The van der Waals surface area contributed by atoms with E-state index in [0.717, 1.165) is 31.8 Å². The van der Waals surface area contributed by atoms with Crippen molar-refractivity contribution in [1.82, 2.24) is 9.88 Å². The lowest BCUT2D eigenvalue weighted by atomic mass is 9.92. The third kappa shape index (κ3) is 3.12. The fourth-order valence-corrected chi connectivity index (χ4v) is 3.28. The summed E-state index contributed by atoms with van der Waals surface area (Å²) in [7, 11) is 0. The van der Waals surface area contributed by atoms with Crippen LogP contribution in [0.4, 0.5) is 0 Å². The molecule has 1 aliphatic heterocycles. The number of rotatable bonds is 4. The van der Waals surface area contributed by atoms with E-state index in [1.165, 1.54) is 12.8 Å². The lowest BCUT2D eigenvalue weighted by Crippen LogP contribution is -2.38. The summed E-state index contributed by atoms with van der Waals surface area (Å²) in [6.07, 6.45) is 4.52. The van der Waals surface area contributed by atoms with Crippen LogP contribution in [0.5, 0.6) is 0 Å². The van der Waals surface area contributed by atoms with Gasteiger partial charge in [-0.15, -0.1) is 0 Å². The first-order valence-corrected chi connectivity index (χ1v) is 7.67. The molecule has 21 heavy (non-hydrogen) atoms. The van der Waals surface area contributed by atoms with Gasteiger partial charge in [-0.2, -0.15) is 0 Å². The van der Waals surface area contributed by atoms with Crippen LogP contribution in [0, 0.1) is 19.8 Å². The molecule has 0 atom stereocenters. The van der Waals surface area contributed by atoms with Crippen LogP contribution < -0.4 is 0 Å². The van der Waals surface area contributed by atoms with Crippen LogP contribution in [0.25, 0.3) is 0 Å². The second kappa shape index (κ2) is 6.33. The van der Waals surface area contributed by atoms with E-state index in [4.69, 9.17) is 5.11 Å². The number of likely N-dealkylation sites (tertiary alicyclic amines) is 1. The number of hydrogen-bond donors (Lipinski definition) is 2. The predicted octanol–water partition coefficient (Wildman–Crippen LogP) is 2.98. The van der Waals surface area contributed by atoms with E-state index in [9.17, 15) is 9.59 Å². The number of carboxylic acid groups (broad SMARTS) is 1. The minimum atomic E-state index is -1.02. The van der Waals surface area contributed by atoms with E-state index < -0.39 is 5.97 Å². The van der Waals surface area contributed by atoms with Crippen LogP contribution in [0.15, 0.2) is 0 Å². The van der Waals surface area contributed by atoms with Crippen LogP contribution in [0.1, 0.15) is 64.7 Å². The molecule has 0 spiro atoms. The maximum atomic E-state index is 12.7. The summed E-state index contributed by atoms with van der Waals surface area (Å²) >= 11 is 0. The smallest absolute Gasteiger partial charge is 0.352 e. The van der Waals surface area contributed by atoms with Gasteiger partial charge in [-0.25, -0.2) is 4.79 Å². The highest BCUT2D eigenvalue weighted by molar-refractivity contribution is 6.00. The molecule has 0 aliphatic carbocycles. The number of nitrogens with one attached hydrogen (secondary N) is 1. The summed E-state index contributed by atoms with van der Waals surface area (Å²) in [5.74, 6) is -0.331. The van der Waals surface area contributed by atoms with Gasteiger partial charge in [0.1, 0.15) is 5.69 Å². The van der Waals surface area contributed by atoms with E-state index in [2.05, 4.69) is 11.9 Å². The Labute approximate surface area is 125 Å². The summed E-state index contributed by atoms with van der Waals surface area (Å²) in [5.41, 5.74) is 1.84. The van der Waals surface area contributed by atoms with Gasteiger partial charge in [0.15, 0.2) is 0 Å². The van der Waals surface area contributed by atoms with Gasteiger partial charge in [0.2, 0.25) is 0 Å². The maximum absolute atomic E-state index is 12.7. The zero-order valence-electron chi connectivity index (χ0n) is 13.0. The van der Waals surface area contributed by atoms with Crippen molar-refractivity contribution in [3.05, 3.63) is 22.5 Å². The SMILES string of the molecule is CCCC1CCN(C(=O)c2c(C)[nH]c(C(=O)O)c2C)CC1. The summed E-state index contributed by atoms with van der Waals surface area (Å²) in [6, 6.07) is 0. The van der Waals surface area contributed by atoms with Crippen molar-refractivity contribution in [2.75, 3.05) is 13.1 Å². The number of carboxylic acids is 1. The first kappa shape index (κ1) is 15.6. The Morgan fingerprint density at radius 2 is 1.90 bits per heavy atom. The summed E-state index contributed by atoms with van der Waals surface area (Å²) in [4.78, 5) is 28.5. The number of hydrogen-bond acceptors (Lipinski definition) is 2. The highest BCUT2D eigenvalue weighted by Gasteiger charge is 2.28. The van der Waals surface area contributed by atoms with Gasteiger partial charge < -0.3 is 15.0 Å². The van der Waals surface area contributed by atoms with Crippen LogP contribution >= 0.6 is 0 Å². The zero-order chi connectivity index (χ0) is 15.6. The molecule has 116 valence electrons. The quantitative estimate of drug-likeness (QED) is 0.896. The number of aromatic nitrogens is 1. The molecule has 2 N–H and O–H groups in total. The Morgan fingerprint density at radius 1 is 1.29 bits per heavy atom. The van der Waals surface area contributed by atoms with Crippen LogP contribution in [0.2, 0.25) is 0 Å². The lowest BCUT2D eigenvalue weighted by Gasteiger charge is -2.32. The fourth-order valence-electron chi connectivity index (χ4n) is 3.28. The molecule has 2 heterocycles. The van der Waals surface area contributed by atoms with E-state index in [-0.39, 0.29) is 11.6 Å². The molecule has 0 unspecified atom stereocenters. The number of piperidine rings is 1. The first-order valence-electron chi connectivity index (χ1n) is 7.67. The maximum Gasteiger partial charge on any atom is 0.352 e. The molecule has 1 aromatic rings. The van der Waals surface area contributed by atoms with Gasteiger partial charge in [0.05, 0.1) is 5.56 Å². The number of H-pyrrole nitrogens is 1. The fraction of sp³-hybridized carbons (Fsp3) is 0.625. The highest BCUT2D eigenvalue weighted by atomic mass is 16.4. The third-order valence-electron chi connectivity index (χ3n) is 4.46. The number of carbonyl (C=O) groups excluding carboxylic acids is 1. The second-order valence-electron chi connectivity index (χ2n) is 5.95. The average Bonchev–Trinajstić information content (AvgIpc) is 2.75. The molecule has 0 saturated carbocycles. The van der Waals surface area contributed by atoms with Gasteiger partial charge >= 0.3 is 5.97 Å². The molecule has 1 aromatic heterocycles. The van der Waals surface area contributed by atoms with Crippen molar-refractivity contribution in [1.29, 1.82) is 0 Å². The van der Waals surface area contributed by atoms with Gasteiger partial charge in [-0.1, -0.05) is 19.8 Å². The molecule has 0 bridgehead atoms. The number of aromatic carboxylic acids is 1. The Morgan fingerprint density at radius 3 is 2.38 bits per heavy atom. The molecule has 5 heteroatoms. The van der Waals surface area contributed by atoms with Gasteiger partial charge in [-0.3, -0.25) is 4.79 Å². The summed E-state index contributed by atoms with van der Waals surface area (Å²) in [5, 5.41) is 9.13. The number of aryl methyl sites for hydroxylation is 1. The zero-order valence-corrected chi connectivity index (χ0v) is 13.0. The third-order valence-corrected chi connectivity index (χ3v) is 4.46. The molecular weight excluding hydrogens is 268 g/mol. The molecule has 2 rings (SSSR count). The molecule has 1 saturated heterocycles. The van der Waals surface area contributed by atoms with Crippen LogP contribution in [-0.2, 0) is 0 Å². The van der Waals surface area contributed by atoms with Gasteiger partial charge in [0, 0.05) is 18.8 Å². The Hall–Kier alpha value is -1.78. The highest BCUT2D eigenvalue weighted by Crippen LogP contribution is 2.25. The van der Waals surface area contributed by atoms with Crippen molar-refractivity contribution in [3.63, 3.8) is 0 Å². The molecule has 5 nitrogen and oxygen atoms in total. The van der Waals surface area contributed by atoms with Crippen molar-refractivity contribution < 1.29 is 14.7 Å². The Balaban J connectivity index is 2.13. The van der Waals surface area contributed by atoms with E-state index >= 15 is 0 Å². The van der Waals surface area contributed by atoms with Gasteiger partial charge in [0.25, 0.3) is 5.91 Å². The van der Waals surface area contributed by atoms with Crippen molar-refractivity contribution >= 4 is 11.9 Å². The number of aromatic amines is 1. The second-order valence-corrected chi connectivity index (χ2v) is 5.95. The lowest BCUT2D eigenvalue weighted by molar-refractivity contribution is 0.0683. The molecule has 1 fully saturated rings. The monoisotopic (exact) mass is 292 g/mol. The summed E-state index contributed by atoms with van der Waals surface area (Å²) in [6.45, 7) is 7.20. The normalized spacial score (nSPS) is 16.2. The largest absolute Gasteiger partial charge is 0.477 e. The standard InChI is InChI=1S/C16H24N2O3/c1-4-5-12-6-8-18(9-7-12)15(19)13-10(2)14(16(20)21)17-11(13)3/h12,17H,4-9H2,1-3H3,(H,20,21). The van der Waals surface area contributed by atoms with Gasteiger partial charge in [-0.05, 0) is 38.2 Å². The van der Waals surface area contributed by atoms with Crippen LogP contribution in [-0.4, -0.2) is 40.0 Å². The number of amides is 1. The predicted molar refractivity (Wildman–Crippen MR) is 80.8 cm³/mol. The van der Waals surface area contributed by atoms with Crippen molar-refractivity contribution in [3.8, 4) is 0 Å². The topological polar surface area (TPSA) is 73.4 Å². The molecule has 0 radical (unpaired) electrons. The Kier molecular flexibility index (Phi) is 4.70. The van der Waals surface area contributed by atoms with Crippen molar-refractivity contribution in [2.45, 2.75) is 46.5 Å². The molecule has 1 aliphatic rings. The molecule has 1 amide bonds. The van der Waals surface area contributed by atoms with E-state index in [0.29, 0.717) is 16.8 Å². The summed E-state index contributed by atoms with van der Waals surface area (Å²) < 4.78 is 0. The molecule has 0 aromatic carbocycles. The minimum absolute atomic E-state index is 0.0382. The average molecular weight is 292 g/mol. The van der Waals surface area contributed by atoms with Crippen LogP contribution in [0.3, 0.4) is 0 Å². The first-order chi connectivity index (χ1) is 9.95. The van der Waals surface area contributed by atoms with E-state index in [1.54, 1.807) is 13.8 Å².